The Kier molecular flexibility index (Phi) is 8.33. The lowest BCUT2D eigenvalue weighted by Gasteiger charge is -2.29. The summed E-state index contributed by atoms with van der Waals surface area (Å²) in [5, 5.41) is 0. The van der Waals surface area contributed by atoms with Crippen molar-refractivity contribution in [2.45, 2.75) is 39.3 Å². The highest BCUT2D eigenvalue weighted by Gasteiger charge is 2.34. The van der Waals surface area contributed by atoms with E-state index in [0.29, 0.717) is 0 Å². The molecule has 0 unspecified atom stereocenters. The molecule has 0 N–H and O–H groups in total. The predicted molar refractivity (Wildman–Crippen MR) is 67.5 cm³/mol. The molecule has 0 bridgehead atoms. The molecule has 0 radical (unpaired) electrons. The minimum Gasteiger partial charge on any atom is -0.394 e. The number of nitrogens with zero attached hydrogens (tertiary/aromatic N) is 1. The zero-order valence-electron chi connectivity index (χ0n) is 11.0. The molecule has 92 valence electrons. The fourth-order valence-corrected chi connectivity index (χ4v) is 4.64. The summed E-state index contributed by atoms with van der Waals surface area (Å²) in [5.41, 5.74) is 0. The molecule has 0 aromatic heterocycles. The van der Waals surface area contributed by atoms with Gasteiger partial charge in [0, 0.05) is 13.2 Å². The van der Waals surface area contributed by atoms with Gasteiger partial charge in [0.15, 0.2) is 0 Å². The van der Waals surface area contributed by atoms with Crippen LogP contribution in [-0.2, 0) is 8.85 Å². The number of hydrogen-bond donors (Lipinski definition) is 0. The first-order valence-electron chi connectivity index (χ1n) is 6.02. The van der Waals surface area contributed by atoms with Gasteiger partial charge in [0.2, 0.25) is 0 Å². The highest BCUT2D eigenvalue weighted by Crippen LogP contribution is 2.20. The van der Waals surface area contributed by atoms with Gasteiger partial charge in [-0.2, -0.15) is 0 Å². The highest BCUT2D eigenvalue weighted by molar-refractivity contribution is 6.67. The Hall–Kier alpha value is 0.0969. The second-order valence-corrected chi connectivity index (χ2v) is 7.64. The smallest absolute Gasteiger partial charge is 0.337 e. The molecule has 0 aliphatic rings. The van der Waals surface area contributed by atoms with Crippen molar-refractivity contribution in [2.24, 2.45) is 0 Å². The average molecular weight is 233 g/mol. The van der Waals surface area contributed by atoms with E-state index >= 15 is 0 Å². The van der Waals surface area contributed by atoms with E-state index in [-0.39, 0.29) is 0 Å². The Labute approximate surface area is 96.0 Å². The van der Waals surface area contributed by atoms with E-state index in [1.807, 2.05) is 0 Å². The topological polar surface area (TPSA) is 21.7 Å². The van der Waals surface area contributed by atoms with Gasteiger partial charge in [-0.15, -0.1) is 0 Å². The number of rotatable bonds is 9. The summed E-state index contributed by atoms with van der Waals surface area (Å²) in [5.74, 6) is 0. The normalized spacial score (nSPS) is 12.4. The van der Waals surface area contributed by atoms with E-state index in [2.05, 4.69) is 39.8 Å². The van der Waals surface area contributed by atoms with Crippen LogP contribution in [0.3, 0.4) is 0 Å². The first-order valence-corrected chi connectivity index (χ1v) is 8.26. The molecule has 0 spiro atoms. The molecule has 0 saturated carbocycles. The molecular weight excluding hydrogens is 206 g/mol. The Morgan fingerprint density at radius 1 is 1.00 bits per heavy atom. The molecule has 0 rings (SSSR count). The van der Waals surface area contributed by atoms with Crippen LogP contribution in [0.5, 0.6) is 0 Å². The third-order valence-corrected chi connectivity index (χ3v) is 6.34. The van der Waals surface area contributed by atoms with Gasteiger partial charge < -0.3 is 13.8 Å². The second-order valence-electron chi connectivity index (χ2n) is 4.04. The van der Waals surface area contributed by atoms with Crippen molar-refractivity contribution in [2.75, 3.05) is 33.9 Å². The first-order chi connectivity index (χ1) is 7.10. The van der Waals surface area contributed by atoms with Crippen LogP contribution in [0, 0.1) is 0 Å². The zero-order chi connectivity index (χ0) is 11.7. The molecule has 3 nitrogen and oxygen atoms in total. The molecule has 0 atom stereocenters. The highest BCUT2D eigenvalue weighted by atomic mass is 28.4. The van der Waals surface area contributed by atoms with E-state index in [1.165, 1.54) is 6.42 Å². The predicted octanol–water partition coefficient (Wildman–Crippen LogP) is 2.47. The van der Waals surface area contributed by atoms with Crippen LogP contribution in [-0.4, -0.2) is 47.3 Å². The van der Waals surface area contributed by atoms with Crippen LogP contribution in [0.15, 0.2) is 0 Å². The summed E-state index contributed by atoms with van der Waals surface area (Å²) in [6, 6.07) is 2.17. The molecular formula is C11H27NO2Si. The van der Waals surface area contributed by atoms with Gasteiger partial charge >= 0.3 is 8.56 Å². The molecule has 0 aromatic rings. The van der Waals surface area contributed by atoms with Crippen molar-refractivity contribution in [1.29, 1.82) is 0 Å². The molecule has 0 saturated heterocycles. The molecule has 0 aliphatic carbocycles. The Morgan fingerprint density at radius 2 is 1.53 bits per heavy atom. The lowest BCUT2D eigenvalue weighted by atomic mass is 10.5. The molecule has 4 heteroatoms. The van der Waals surface area contributed by atoms with Crippen LogP contribution < -0.4 is 0 Å². The molecule has 0 amide bonds. The molecule has 0 heterocycles. The fraction of sp³-hybridized carbons (Fsp3) is 1.00. The minimum absolute atomic E-state index is 0.780. The lowest BCUT2D eigenvalue weighted by molar-refractivity contribution is 0.181. The summed E-state index contributed by atoms with van der Waals surface area (Å²) in [7, 11) is 2.35. The molecule has 0 fully saturated rings. The summed E-state index contributed by atoms with van der Waals surface area (Å²) in [6.45, 7) is 8.98. The van der Waals surface area contributed by atoms with Gasteiger partial charge in [-0.05, 0) is 53.0 Å². The van der Waals surface area contributed by atoms with E-state index in [1.54, 1.807) is 0 Å². The quantitative estimate of drug-likeness (QED) is 0.571. The van der Waals surface area contributed by atoms with E-state index in [0.717, 1.165) is 31.8 Å². The zero-order valence-corrected chi connectivity index (χ0v) is 12.0. The fourth-order valence-electron chi connectivity index (χ4n) is 1.76. The van der Waals surface area contributed by atoms with Crippen molar-refractivity contribution in [3.63, 3.8) is 0 Å². The van der Waals surface area contributed by atoms with Gasteiger partial charge in [-0.3, -0.25) is 0 Å². The summed E-state index contributed by atoms with van der Waals surface area (Å²) in [6.07, 6.45) is 1.17. The SMILES string of the molecule is CCO[Si](CC)(CCCN(C)C)OCC. The minimum atomic E-state index is -1.86. The van der Waals surface area contributed by atoms with Gasteiger partial charge in [0.1, 0.15) is 0 Å². The molecule has 15 heavy (non-hydrogen) atoms. The summed E-state index contributed by atoms with van der Waals surface area (Å²) < 4.78 is 11.8. The van der Waals surface area contributed by atoms with E-state index < -0.39 is 8.56 Å². The van der Waals surface area contributed by atoms with Crippen molar-refractivity contribution in [3.8, 4) is 0 Å². The lowest BCUT2D eigenvalue weighted by Crippen LogP contribution is -2.42. The van der Waals surface area contributed by atoms with E-state index in [9.17, 15) is 0 Å². The van der Waals surface area contributed by atoms with Gasteiger partial charge in [-0.1, -0.05) is 6.92 Å². The van der Waals surface area contributed by atoms with Crippen LogP contribution in [0.1, 0.15) is 27.2 Å². The van der Waals surface area contributed by atoms with Crippen molar-refractivity contribution >= 4 is 8.56 Å². The van der Waals surface area contributed by atoms with Crippen LogP contribution >= 0.6 is 0 Å². The van der Waals surface area contributed by atoms with Crippen molar-refractivity contribution < 1.29 is 8.85 Å². The monoisotopic (exact) mass is 233 g/mol. The van der Waals surface area contributed by atoms with Gasteiger partial charge in [0.05, 0.1) is 0 Å². The molecule has 0 aromatic carbocycles. The first kappa shape index (κ1) is 15.1. The Bertz CT molecular complexity index is 148. The third kappa shape index (κ3) is 6.30. The van der Waals surface area contributed by atoms with E-state index in [4.69, 9.17) is 8.85 Å². The van der Waals surface area contributed by atoms with Crippen molar-refractivity contribution in [1.82, 2.24) is 4.90 Å². The number of hydrogen-bond acceptors (Lipinski definition) is 3. The van der Waals surface area contributed by atoms with Gasteiger partial charge in [0.25, 0.3) is 0 Å². The average Bonchev–Trinajstić information content (AvgIpc) is 2.17. The maximum absolute atomic E-state index is 5.90. The summed E-state index contributed by atoms with van der Waals surface area (Å²) in [4.78, 5) is 2.21. The van der Waals surface area contributed by atoms with Crippen LogP contribution in [0.4, 0.5) is 0 Å². The third-order valence-electron chi connectivity index (χ3n) is 2.52. The molecule has 0 aliphatic heterocycles. The summed E-state index contributed by atoms with van der Waals surface area (Å²) >= 11 is 0. The largest absolute Gasteiger partial charge is 0.394 e. The van der Waals surface area contributed by atoms with Crippen LogP contribution in [0.25, 0.3) is 0 Å². The van der Waals surface area contributed by atoms with Crippen LogP contribution in [0.2, 0.25) is 12.1 Å². The second kappa shape index (κ2) is 8.27. The van der Waals surface area contributed by atoms with Crippen molar-refractivity contribution in [3.05, 3.63) is 0 Å². The van der Waals surface area contributed by atoms with Gasteiger partial charge in [-0.25, -0.2) is 0 Å². The Morgan fingerprint density at radius 3 is 1.87 bits per heavy atom. The Balaban J connectivity index is 4.08. The standard InChI is InChI=1S/C11H27NO2Si/c1-6-13-15(8-3,14-7-2)11-9-10-12(4)5/h6-11H2,1-5H3. The maximum Gasteiger partial charge on any atom is 0.337 e. The maximum atomic E-state index is 5.90.